The number of aromatic amines is 1. The zero-order valence-electron chi connectivity index (χ0n) is 19.3. The number of H-pyrrole nitrogens is 1. The highest BCUT2D eigenvalue weighted by molar-refractivity contribution is 7.71. The van der Waals surface area contributed by atoms with Crippen LogP contribution >= 0.6 is 12.2 Å². The van der Waals surface area contributed by atoms with Crippen LogP contribution in [-0.2, 0) is 12.0 Å². The van der Waals surface area contributed by atoms with Crippen molar-refractivity contribution >= 4 is 12.2 Å². The van der Waals surface area contributed by atoms with E-state index in [1.54, 1.807) is 24.9 Å². The predicted molar refractivity (Wildman–Crippen MR) is 129 cm³/mol. The third-order valence-electron chi connectivity index (χ3n) is 5.28. The van der Waals surface area contributed by atoms with Gasteiger partial charge in [0.25, 0.3) is 0 Å². The Morgan fingerprint density at radius 1 is 0.970 bits per heavy atom. The number of aromatic nitrogens is 3. The summed E-state index contributed by atoms with van der Waals surface area (Å²) in [5, 5.41) is 7.21. The Kier molecular flexibility index (Phi) is 6.29. The standard InChI is InChI=1S/C25H27N3O4S/c1-25(2,3)16-6-8-17(9-7-16)31-15-19-11-13-21(32-19)23-26-27-24(33)28(23)20-12-10-18(29-4)14-22(20)30-5/h6-14H,15H2,1-5H3,(H,27,33). The normalized spacial score (nSPS) is 11.4. The number of benzene rings is 2. The van der Waals surface area contributed by atoms with Crippen LogP contribution in [0.15, 0.2) is 59.0 Å². The van der Waals surface area contributed by atoms with Crippen LogP contribution in [0.1, 0.15) is 32.1 Å². The van der Waals surface area contributed by atoms with E-state index >= 15 is 0 Å². The lowest BCUT2D eigenvalue weighted by atomic mass is 9.87. The Morgan fingerprint density at radius 3 is 2.36 bits per heavy atom. The van der Waals surface area contributed by atoms with Gasteiger partial charge in [0, 0.05) is 6.07 Å². The molecule has 2 aromatic carbocycles. The molecule has 0 aliphatic rings. The van der Waals surface area contributed by atoms with Crippen molar-refractivity contribution in [1.82, 2.24) is 14.8 Å². The number of nitrogens with one attached hydrogen (secondary N) is 1. The number of furan rings is 1. The van der Waals surface area contributed by atoms with Gasteiger partial charge in [0.2, 0.25) is 5.82 Å². The molecule has 0 amide bonds. The zero-order valence-corrected chi connectivity index (χ0v) is 20.2. The molecule has 0 spiro atoms. The second-order valence-electron chi connectivity index (χ2n) is 8.55. The van der Waals surface area contributed by atoms with Crippen LogP contribution in [0, 0.1) is 4.77 Å². The fraction of sp³-hybridized carbons (Fsp3) is 0.280. The second-order valence-corrected chi connectivity index (χ2v) is 8.94. The van der Waals surface area contributed by atoms with Gasteiger partial charge in [0.05, 0.1) is 19.9 Å². The van der Waals surface area contributed by atoms with Crippen molar-refractivity contribution in [2.45, 2.75) is 32.8 Å². The van der Waals surface area contributed by atoms with Crippen molar-refractivity contribution in [2.24, 2.45) is 0 Å². The maximum Gasteiger partial charge on any atom is 0.203 e. The molecule has 2 heterocycles. The van der Waals surface area contributed by atoms with Crippen molar-refractivity contribution in [2.75, 3.05) is 14.2 Å². The minimum Gasteiger partial charge on any atom is -0.497 e. The fourth-order valence-corrected chi connectivity index (χ4v) is 3.67. The van der Waals surface area contributed by atoms with Crippen molar-refractivity contribution in [1.29, 1.82) is 0 Å². The molecule has 172 valence electrons. The lowest BCUT2D eigenvalue weighted by Gasteiger charge is -2.19. The van der Waals surface area contributed by atoms with E-state index in [1.807, 2.05) is 36.4 Å². The summed E-state index contributed by atoms with van der Waals surface area (Å²) in [5.41, 5.74) is 2.08. The first kappa shape index (κ1) is 22.7. The maximum atomic E-state index is 6.02. The van der Waals surface area contributed by atoms with Gasteiger partial charge in [-0.2, -0.15) is 5.10 Å². The molecule has 0 saturated carbocycles. The molecule has 0 aliphatic carbocycles. The number of hydrogen-bond donors (Lipinski definition) is 1. The Morgan fingerprint density at radius 2 is 1.70 bits per heavy atom. The van der Waals surface area contributed by atoms with Crippen LogP contribution in [0.5, 0.6) is 17.2 Å². The van der Waals surface area contributed by atoms with Gasteiger partial charge in [0.15, 0.2) is 10.5 Å². The lowest BCUT2D eigenvalue weighted by Crippen LogP contribution is -2.10. The largest absolute Gasteiger partial charge is 0.497 e. The average Bonchev–Trinajstić information content (AvgIpc) is 3.43. The minimum absolute atomic E-state index is 0.101. The van der Waals surface area contributed by atoms with Crippen LogP contribution < -0.4 is 14.2 Å². The fourth-order valence-electron chi connectivity index (χ4n) is 3.44. The quantitative estimate of drug-likeness (QED) is 0.333. The smallest absolute Gasteiger partial charge is 0.203 e. The molecule has 0 unspecified atom stereocenters. The molecule has 1 N–H and O–H groups in total. The third-order valence-corrected chi connectivity index (χ3v) is 5.56. The molecule has 7 nitrogen and oxygen atoms in total. The summed E-state index contributed by atoms with van der Waals surface area (Å²) in [6.07, 6.45) is 0. The molecule has 4 aromatic rings. The first-order valence-corrected chi connectivity index (χ1v) is 10.9. The van der Waals surface area contributed by atoms with Gasteiger partial charge in [-0.15, -0.1) is 0 Å². The summed E-state index contributed by atoms with van der Waals surface area (Å²) >= 11 is 5.47. The molecule has 0 aliphatic heterocycles. The molecule has 0 fully saturated rings. The van der Waals surface area contributed by atoms with E-state index in [1.165, 1.54) is 5.56 Å². The zero-order chi connectivity index (χ0) is 23.6. The minimum atomic E-state index is 0.101. The van der Waals surface area contributed by atoms with Crippen molar-refractivity contribution in [3.8, 4) is 34.5 Å². The highest BCUT2D eigenvalue weighted by atomic mass is 32.1. The second kappa shape index (κ2) is 9.15. The van der Waals surface area contributed by atoms with Gasteiger partial charge >= 0.3 is 0 Å². The van der Waals surface area contributed by atoms with Gasteiger partial charge in [-0.05, 0) is 59.6 Å². The number of ether oxygens (including phenoxy) is 3. The lowest BCUT2D eigenvalue weighted by molar-refractivity contribution is 0.271. The molecular weight excluding hydrogens is 438 g/mol. The molecule has 0 radical (unpaired) electrons. The Hall–Kier alpha value is -3.52. The van der Waals surface area contributed by atoms with E-state index in [9.17, 15) is 0 Å². The number of rotatable bonds is 7. The molecule has 0 atom stereocenters. The first-order valence-electron chi connectivity index (χ1n) is 10.5. The number of methoxy groups -OCH3 is 2. The summed E-state index contributed by atoms with van der Waals surface area (Å²) in [6.45, 7) is 6.85. The third kappa shape index (κ3) is 4.80. The van der Waals surface area contributed by atoms with E-state index < -0.39 is 0 Å². The van der Waals surface area contributed by atoms with Gasteiger partial charge < -0.3 is 18.6 Å². The number of hydrogen-bond acceptors (Lipinski definition) is 6. The Labute approximate surface area is 197 Å². The molecule has 0 bridgehead atoms. The topological polar surface area (TPSA) is 74.4 Å². The van der Waals surface area contributed by atoms with Crippen LogP contribution in [0.25, 0.3) is 17.3 Å². The van der Waals surface area contributed by atoms with Crippen LogP contribution in [0.3, 0.4) is 0 Å². The van der Waals surface area contributed by atoms with Crippen LogP contribution in [0.4, 0.5) is 0 Å². The Bertz CT molecular complexity index is 1300. The van der Waals surface area contributed by atoms with Crippen molar-refractivity contribution in [3.05, 3.63) is 70.7 Å². The molecule has 4 rings (SSSR count). The summed E-state index contributed by atoms with van der Waals surface area (Å²) in [7, 11) is 3.20. The number of nitrogens with zero attached hydrogens (tertiary/aromatic N) is 2. The van der Waals surface area contributed by atoms with E-state index in [4.69, 9.17) is 30.8 Å². The predicted octanol–water partition coefficient (Wildman–Crippen LogP) is 6.08. The molecule has 33 heavy (non-hydrogen) atoms. The molecular formula is C25H27N3O4S. The summed E-state index contributed by atoms with van der Waals surface area (Å²) in [5.74, 6) is 3.83. The first-order chi connectivity index (χ1) is 15.8. The SMILES string of the molecule is COc1ccc(-n2c(-c3ccc(COc4ccc(C(C)(C)C)cc4)o3)n[nH]c2=S)c(OC)c1. The van der Waals surface area contributed by atoms with Gasteiger partial charge in [-0.25, -0.2) is 0 Å². The molecule has 0 saturated heterocycles. The van der Waals surface area contributed by atoms with Gasteiger partial charge in [-0.1, -0.05) is 32.9 Å². The summed E-state index contributed by atoms with van der Waals surface area (Å²) in [6, 6.07) is 17.3. The van der Waals surface area contributed by atoms with Crippen LogP contribution in [0.2, 0.25) is 0 Å². The van der Waals surface area contributed by atoms with E-state index in [0.29, 0.717) is 40.2 Å². The summed E-state index contributed by atoms with van der Waals surface area (Å²) in [4.78, 5) is 0. The highest BCUT2D eigenvalue weighted by Crippen LogP contribution is 2.32. The van der Waals surface area contributed by atoms with E-state index in [2.05, 4.69) is 43.1 Å². The van der Waals surface area contributed by atoms with Gasteiger partial charge in [-0.3, -0.25) is 9.67 Å². The molecule has 8 heteroatoms. The summed E-state index contributed by atoms with van der Waals surface area (Å²) < 4.78 is 24.9. The average molecular weight is 466 g/mol. The van der Waals surface area contributed by atoms with E-state index in [0.717, 1.165) is 11.4 Å². The monoisotopic (exact) mass is 465 g/mol. The van der Waals surface area contributed by atoms with E-state index in [-0.39, 0.29) is 5.41 Å². The highest BCUT2D eigenvalue weighted by Gasteiger charge is 2.18. The molecule has 2 aromatic heterocycles. The Balaban J connectivity index is 1.56. The van der Waals surface area contributed by atoms with Crippen molar-refractivity contribution < 1.29 is 18.6 Å². The van der Waals surface area contributed by atoms with Gasteiger partial charge in [0.1, 0.15) is 29.6 Å². The van der Waals surface area contributed by atoms with Crippen molar-refractivity contribution in [3.63, 3.8) is 0 Å². The van der Waals surface area contributed by atoms with Crippen LogP contribution in [-0.4, -0.2) is 29.0 Å². The maximum absolute atomic E-state index is 6.02.